The molecule has 82 valence electrons. The number of nitrogens with one attached hydrogen (secondary N) is 1. The van der Waals surface area contributed by atoms with E-state index in [1.807, 2.05) is 6.07 Å². The second-order valence-electron chi connectivity index (χ2n) is 4.22. The minimum absolute atomic E-state index is 0.708. The molecule has 1 aliphatic rings. The van der Waals surface area contributed by atoms with E-state index >= 15 is 0 Å². The second kappa shape index (κ2) is 5.00. The van der Waals surface area contributed by atoms with Gasteiger partial charge in [0.05, 0.1) is 0 Å². The lowest BCUT2D eigenvalue weighted by Gasteiger charge is -2.25. The van der Waals surface area contributed by atoms with Crippen LogP contribution in [0.4, 0.5) is 0 Å². The quantitative estimate of drug-likeness (QED) is 0.811. The molecule has 1 heterocycles. The van der Waals surface area contributed by atoms with E-state index in [0.717, 1.165) is 24.5 Å². The SMILES string of the molecule is CCc1ccc(Cl)cc1C1CCNCC1. The first-order valence-electron chi connectivity index (χ1n) is 5.80. The number of halogens is 1. The van der Waals surface area contributed by atoms with Gasteiger partial charge >= 0.3 is 0 Å². The smallest absolute Gasteiger partial charge is 0.0409 e. The van der Waals surface area contributed by atoms with E-state index < -0.39 is 0 Å². The van der Waals surface area contributed by atoms with Crippen LogP contribution in [0.1, 0.15) is 36.8 Å². The number of rotatable bonds is 2. The fraction of sp³-hybridized carbons (Fsp3) is 0.538. The lowest BCUT2D eigenvalue weighted by molar-refractivity contribution is 0.458. The van der Waals surface area contributed by atoms with Crippen molar-refractivity contribution in [1.29, 1.82) is 0 Å². The second-order valence-corrected chi connectivity index (χ2v) is 4.66. The normalized spacial score (nSPS) is 18.0. The summed E-state index contributed by atoms with van der Waals surface area (Å²) in [6.45, 7) is 4.49. The minimum atomic E-state index is 0.708. The molecular formula is C13H18ClN. The van der Waals surface area contributed by atoms with Crippen LogP contribution in [0.25, 0.3) is 0 Å². The number of hydrogen-bond acceptors (Lipinski definition) is 1. The van der Waals surface area contributed by atoms with Gasteiger partial charge in [-0.05, 0) is 61.5 Å². The molecule has 2 heteroatoms. The Labute approximate surface area is 96.8 Å². The molecule has 0 saturated carbocycles. The molecule has 1 aliphatic heterocycles. The lowest BCUT2D eigenvalue weighted by Crippen LogP contribution is -2.27. The van der Waals surface area contributed by atoms with Gasteiger partial charge in [-0.2, -0.15) is 0 Å². The third-order valence-electron chi connectivity index (χ3n) is 3.27. The molecule has 1 aromatic rings. The van der Waals surface area contributed by atoms with E-state index in [1.165, 1.54) is 24.0 Å². The summed E-state index contributed by atoms with van der Waals surface area (Å²) >= 11 is 6.08. The Morgan fingerprint density at radius 1 is 1.33 bits per heavy atom. The maximum atomic E-state index is 6.08. The van der Waals surface area contributed by atoms with E-state index in [-0.39, 0.29) is 0 Å². The Hall–Kier alpha value is -0.530. The van der Waals surface area contributed by atoms with Crippen LogP contribution in [0.3, 0.4) is 0 Å². The molecule has 0 aromatic heterocycles. The Morgan fingerprint density at radius 3 is 2.73 bits per heavy atom. The molecule has 0 radical (unpaired) electrons. The molecule has 2 rings (SSSR count). The summed E-state index contributed by atoms with van der Waals surface area (Å²) in [5.41, 5.74) is 2.94. The maximum Gasteiger partial charge on any atom is 0.0409 e. The Kier molecular flexibility index (Phi) is 3.66. The first kappa shape index (κ1) is 11.0. The summed E-state index contributed by atoms with van der Waals surface area (Å²) < 4.78 is 0. The van der Waals surface area contributed by atoms with Crippen LogP contribution >= 0.6 is 11.6 Å². The van der Waals surface area contributed by atoms with Gasteiger partial charge in [-0.3, -0.25) is 0 Å². The van der Waals surface area contributed by atoms with E-state index in [1.54, 1.807) is 0 Å². The minimum Gasteiger partial charge on any atom is -0.317 e. The highest BCUT2D eigenvalue weighted by atomic mass is 35.5. The van der Waals surface area contributed by atoms with Crippen molar-refractivity contribution in [2.24, 2.45) is 0 Å². The molecular weight excluding hydrogens is 206 g/mol. The summed E-state index contributed by atoms with van der Waals surface area (Å²) in [6, 6.07) is 6.35. The van der Waals surface area contributed by atoms with Gasteiger partial charge in [-0.1, -0.05) is 24.6 Å². The Morgan fingerprint density at radius 2 is 2.07 bits per heavy atom. The van der Waals surface area contributed by atoms with Crippen molar-refractivity contribution in [2.45, 2.75) is 32.1 Å². The molecule has 0 spiro atoms. The number of piperidine rings is 1. The molecule has 0 aliphatic carbocycles. The van der Waals surface area contributed by atoms with Gasteiger partial charge in [-0.25, -0.2) is 0 Å². The average Bonchev–Trinajstić information content (AvgIpc) is 2.30. The Balaban J connectivity index is 2.27. The predicted molar refractivity (Wildman–Crippen MR) is 65.7 cm³/mol. The molecule has 0 amide bonds. The number of aryl methyl sites for hydroxylation is 1. The third kappa shape index (κ3) is 2.53. The van der Waals surface area contributed by atoms with Crippen LogP contribution in [0.2, 0.25) is 5.02 Å². The van der Waals surface area contributed by atoms with Crippen LogP contribution in [0.15, 0.2) is 18.2 Å². The summed E-state index contributed by atoms with van der Waals surface area (Å²) in [5, 5.41) is 4.28. The van der Waals surface area contributed by atoms with E-state index in [4.69, 9.17) is 11.6 Å². The molecule has 1 nitrogen and oxygen atoms in total. The first-order valence-corrected chi connectivity index (χ1v) is 6.18. The van der Waals surface area contributed by atoms with Gasteiger partial charge in [-0.15, -0.1) is 0 Å². The molecule has 0 bridgehead atoms. The zero-order valence-corrected chi connectivity index (χ0v) is 9.98. The van der Waals surface area contributed by atoms with Gasteiger partial charge in [0.1, 0.15) is 0 Å². The van der Waals surface area contributed by atoms with Gasteiger partial charge < -0.3 is 5.32 Å². The van der Waals surface area contributed by atoms with Gasteiger partial charge in [0, 0.05) is 5.02 Å². The van der Waals surface area contributed by atoms with Crippen molar-refractivity contribution in [3.63, 3.8) is 0 Å². The summed E-state index contributed by atoms with van der Waals surface area (Å²) in [6.07, 6.45) is 3.59. The van der Waals surface area contributed by atoms with Crippen LogP contribution in [-0.2, 0) is 6.42 Å². The number of hydrogen-bond donors (Lipinski definition) is 1. The predicted octanol–water partition coefficient (Wildman–Crippen LogP) is 3.37. The fourth-order valence-corrected chi connectivity index (χ4v) is 2.58. The maximum absolute atomic E-state index is 6.08. The number of benzene rings is 1. The highest BCUT2D eigenvalue weighted by Crippen LogP contribution is 2.30. The van der Waals surface area contributed by atoms with Crippen molar-refractivity contribution in [3.8, 4) is 0 Å². The van der Waals surface area contributed by atoms with Crippen LogP contribution in [0, 0.1) is 0 Å². The van der Waals surface area contributed by atoms with Crippen molar-refractivity contribution in [2.75, 3.05) is 13.1 Å². The van der Waals surface area contributed by atoms with E-state index in [0.29, 0.717) is 5.92 Å². The van der Waals surface area contributed by atoms with Crippen molar-refractivity contribution < 1.29 is 0 Å². The third-order valence-corrected chi connectivity index (χ3v) is 3.50. The molecule has 1 N–H and O–H groups in total. The Bertz CT molecular complexity index is 329. The van der Waals surface area contributed by atoms with Crippen LogP contribution in [-0.4, -0.2) is 13.1 Å². The first-order chi connectivity index (χ1) is 7.31. The van der Waals surface area contributed by atoms with Gasteiger partial charge in [0.15, 0.2) is 0 Å². The highest BCUT2D eigenvalue weighted by molar-refractivity contribution is 6.30. The summed E-state index contributed by atoms with van der Waals surface area (Å²) in [7, 11) is 0. The lowest BCUT2D eigenvalue weighted by atomic mass is 9.86. The largest absolute Gasteiger partial charge is 0.317 e. The zero-order valence-electron chi connectivity index (χ0n) is 9.22. The summed E-state index contributed by atoms with van der Waals surface area (Å²) in [5.74, 6) is 0.708. The van der Waals surface area contributed by atoms with E-state index in [9.17, 15) is 0 Å². The fourth-order valence-electron chi connectivity index (χ4n) is 2.40. The monoisotopic (exact) mass is 223 g/mol. The average molecular weight is 224 g/mol. The molecule has 15 heavy (non-hydrogen) atoms. The van der Waals surface area contributed by atoms with Crippen molar-refractivity contribution in [3.05, 3.63) is 34.3 Å². The zero-order chi connectivity index (χ0) is 10.7. The standard InChI is InChI=1S/C13H18ClN/c1-2-10-3-4-12(14)9-13(10)11-5-7-15-8-6-11/h3-4,9,11,15H,2,5-8H2,1H3. The van der Waals surface area contributed by atoms with Crippen molar-refractivity contribution >= 4 is 11.6 Å². The molecule has 0 atom stereocenters. The molecule has 0 unspecified atom stereocenters. The molecule has 1 aromatic carbocycles. The van der Waals surface area contributed by atoms with Crippen LogP contribution in [0.5, 0.6) is 0 Å². The topological polar surface area (TPSA) is 12.0 Å². The van der Waals surface area contributed by atoms with Gasteiger partial charge in [0.2, 0.25) is 0 Å². The molecule has 1 saturated heterocycles. The van der Waals surface area contributed by atoms with Crippen LogP contribution < -0.4 is 5.32 Å². The summed E-state index contributed by atoms with van der Waals surface area (Å²) in [4.78, 5) is 0. The van der Waals surface area contributed by atoms with Gasteiger partial charge in [0.25, 0.3) is 0 Å². The molecule has 1 fully saturated rings. The highest BCUT2D eigenvalue weighted by Gasteiger charge is 2.17. The van der Waals surface area contributed by atoms with E-state index in [2.05, 4.69) is 24.4 Å². The van der Waals surface area contributed by atoms with Crippen molar-refractivity contribution in [1.82, 2.24) is 5.32 Å².